The Morgan fingerprint density at radius 2 is 1.63 bits per heavy atom. The third kappa shape index (κ3) is 3.85. The fourth-order valence-corrected chi connectivity index (χ4v) is 4.21. The summed E-state index contributed by atoms with van der Waals surface area (Å²) in [5.74, 6) is 0.578. The van der Waals surface area contributed by atoms with Crippen LogP contribution in [-0.4, -0.2) is 49.3 Å². The van der Waals surface area contributed by atoms with Crippen LogP contribution in [-0.2, 0) is 4.79 Å². The second-order valence-electron chi connectivity index (χ2n) is 6.36. The number of anilines is 1. The van der Waals surface area contributed by atoms with Gasteiger partial charge in [0.25, 0.3) is 5.91 Å². The van der Waals surface area contributed by atoms with Gasteiger partial charge in [-0.1, -0.05) is 36.4 Å². The summed E-state index contributed by atoms with van der Waals surface area (Å²) in [5, 5.41) is 0.800. The summed E-state index contributed by atoms with van der Waals surface area (Å²) in [6, 6.07) is 18.1. The van der Waals surface area contributed by atoms with E-state index in [-0.39, 0.29) is 5.91 Å². The molecule has 0 atom stereocenters. The number of amidine groups is 1. The SMILES string of the molecule is COc1ccccc1/C=C1\SC(N2CCN(c3ccccc3)CC2)=NC1=O. The van der Waals surface area contributed by atoms with E-state index in [1.807, 2.05) is 36.4 Å². The molecule has 2 heterocycles. The molecule has 0 bridgehead atoms. The molecule has 0 aliphatic carbocycles. The van der Waals surface area contributed by atoms with Crippen LogP contribution in [0.3, 0.4) is 0 Å². The van der Waals surface area contributed by atoms with Crippen molar-refractivity contribution in [2.75, 3.05) is 38.2 Å². The molecule has 2 aliphatic rings. The van der Waals surface area contributed by atoms with E-state index in [0.717, 1.165) is 42.7 Å². The fourth-order valence-electron chi connectivity index (χ4n) is 3.25. The number of benzene rings is 2. The monoisotopic (exact) mass is 379 g/mol. The van der Waals surface area contributed by atoms with Crippen molar-refractivity contribution in [3.05, 3.63) is 65.1 Å². The van der Waals surface area contributed by atoms with Crippen LogP contribution in [0.15, 0.2) is 64.5 Å². The minimum atomic E-state index is -0.175. The quantitative estimate of drug-likeness (QED) is 0.764. The number of hydrogen-bond acceptors (Lipinski definition) is 5. The summed E-state index contributed by atoms with van der Waals surface area (Å²) in [7, 11) is 1.63. The summed E-state index contributed by atoms with van der Waals surface area (Å²) in [6.07, 6.45) is 1.86. The molecule has 1 amide bonds. The Kier molecular flexibility index (Phi) is 5.16. The first-order valence-corrected chi connectivity index (χ1v) is 9.77. The van der Waals surface area contributed by atoms with Crippen molar-refractivity contribution in [1.29, 1.82) is 0 Å². The second-order valence-corrected chi connectivity index (χ2v) is 7.37. The molecule has 0 N–H and O–H groups in total. The van der Waals surface area contributed by atoms with E-state index in [0.29, 0.717) is 4.91 Å². The van der Waals surface area contributed by atoms with Crippen LogP contribution in [0, 0.1) is 0 Å². The van der Waals surface area contributed by atoms with Gasteiger partial charge in [0.15, 0.2) is 5.17 Å². The Labute approximate surface area is 163 Å². The number of carbonyl (C=O) groups excluding carboxylic acids is 1. The lowest BCUT2D eigenvalue weighted by Crippen LogP contribution is -2.47. The molecule has 1 saturated heterocycles. The minimum absolute atomic E-state index is 0.175. The standard InChI is InChI=1S/C21H21N3O2S/c1-26-18-10-6-5-7-16(18)15-19-20(25)22-21(27-19)24-13-11-23(12-14-24)17-8-3-2-4-9-17/h2-10,15H,11-14H2,1H3/b19-15-. The molecule has 0 unspecified atom stereocenters. The lowest BCUT2D eigenvalue weighted by Gasteiger charge is -2.36. The summed E-state index contributed by atoms with van der Waals surface area (Å²) in [6.45, 7) is 3.55. The molecule has 2 aromatic carbocycles. The summed E-state index contributed by atoms with van der Waals surface area (Å²) < 4.78 is 5.37. The molecule has 2 aromatic rings. The van der Waals surface area contributed by atoms with Crippen molar-refractivity contribution >= 4 is 34.6 Å². The number of methoxy groups -OCH3 is 1. The van der Waals surface area contributed by atoms with Crippen LogP contribution in [0.1, 0.15) is 5.56 Å². The van der Waals surface area contributed by atoms with E-state index < -0.39 is 0 Å². The number of para-hydroxylation sites is 2. The number of rotatable bonds is 3. The first-order valence-electron chi connectivity index (χ1n) is 8.95. The highest BCUT2D eigenvalue weighted by Crippen LogP contribution is 2.32. The molecule has 138 valence electrons. The predicted octanol–water partition coefficient (Wildman–Crippen LogP) is 3.49. The zero-order chi connectivity index (χ0) is 18.6. The van der Waals surface area contributed by atoms with E-state index in [1.165, 1.54) is 17.4 Å². The fraction of sp³-hybridized carbons (Fsp3) is 0.238. The molecule has 0 radical (unpaired) electrons. The van der Waals surface area contributed by atoms with Crippen molar-refractivity contribution in [1.82, 2.24) is 4.90 Å². The van der Waals surface area contributed by atoms with E-state index in [9.17, 15) is 4.79 Å². The predicted molar refractivity (Wildman–Crippen MR) is 111 cm³/mol. The molecular weight excluding hydrogens is 358 g/mol. The Morgan fingerprint density at radius 1 is 0.963 bits per heavy atom. The first-order chi connectivity index (χ1) is 13.2. The summed E-state index contributed by atoms with van der Waals surface area (Å²) in [4.78, 5) is 21.8. The van der Waals surface area contributed by atoms with Gasteiger partial charge in [0.05, 0.1) is 12.0 Å². The van der Waals surface area contributed by atoms with Gasteiger partial charge in [0, 0.05) is 37.4 Å². The average Bonchev–Trinajstić information content (AvgIpc) is 3.09. The van der Waals surface area contributed by atoms with Gasteiger partial charge in [0.1, 0.15) is 5.75 Å². The van der Waals surface area contributed by atoms with Gasteiger partial charge < -0.3 is 14.5 Å². The highest BCUT2D eigenvalue weighted by atomic mass is 32.2. The number of nitrogens with zero attached hydrogens (tertiary/aromatic N) is 3. The molecule has 0 aromatic heterocycles. The van der Waals surface area contributed by atoms with Crippen LogP contribution < -0.4 is 9.64 Å². The smallest absolute Gasteiger partial charge is 0.286 e. The summed E-state index contributed by atoms with van der Waals surface area (Å²) in [5.41, 5.74) is 2.13. The van der Waals surface area contributed by atoms with Gasteiger partial charge in [-0.2, -0.15) is 4.99 Å². The number of thioether (sulfide) groups is 1. The number of ether oxygens (including phenoxy) is 1. The van der Waals surface area contributed by atoms with Gasteiger partial charge in [-0.3, -0.25) is 4.79 Å². The maximum Gasteiger partial charge on any atom is 0.286 e. The van der Waals surface area contributed by atoms with Crippen molar-refractivity contribution in [3.8, 4) is 5.75 Å². The van der Waals surface area contributed by atoms with Gasteiger partial charge in [0.2, 0.25) is 0 Å². The Hall–Kier alpha value is -2.73. The molecule has 27 heavy (non-hydrogen) atoms. The lowest BCUT2D eigenvalue weighted by molar-refractivity contribution is -0.113. The molecule has 0 saturated carbocycles. The van der Waals surface area contributed by atoms with Gasteiger partial charge in [-0.15, -0.1) is 0 Å². The maximum atomic E-state index is 12.4. The van der Waals surface area contributed by atoms with Crippen molar-refractivity contribution < 1.29 is 9.53 Å². The van der Waals surface area contributed by atoms with Gasteiger partial charge in [-0.05, 0) is 36.0 Å². The Balaban J connectivity index is 1.42. The van der Waals surface area contributed by atoms with Crippen LogP contribution in [0.5, 0.6) is 5.75 Å². The third-order valence-corrected chi connectivity index (χ3v) is 5.75. The Bertz CT molecular complexity index is 887. The molecular formula is C21H21N3O2S. The molecule has 5 nitrogen and oxygen atoms in total. The van der Waals surface area contributed by atoms with Crippen LogP contribution in [0.2, 0.25) is 0 Å². The normalized spacial score (nSPS) is 18.8. The number of hydrogen-bond donors (Lipinski definition) is 0. The van der Waals surface area contributed by atoms with Gasteiger partial charge in [-0.25, -0.2) is 0 Å². The van der Waals surface area contributed by atoms with E-state index in [2.05, 4.69) is 39.1 Å². The minimum Gasteiger partial charge on any atom is -0.496 e. The topological polar surface area (TPSA) is 45.1 Å². The zero-order valence-electron chi connectivity index (χ0n) is 15.2. The molecule has 2 aliphatic heterocycles. The Morgan fingerprint density at radius 3 is 2.37 bits per heavy atom. The largest absolute Gasteiger partial charge is 0.496 e. The number of aliphatic imine (C=N–C) groups is 1. The average molecular weight is 379 g/mol. The highest BCUT2D eigenvalue weighted by molar-refractivity contribution is 8.18. The molecule has 0 spiro atoms. The first kappa shape index (κ1) is 17.7. The number of piperazine rings is 1. The van der Waals surface area contributed by atoms with Crippen LogP contribution >= 0.6 is 11.8 Å². The van der Waals surface area contributed by atoms with E-state index in [1.54, 1.807) is 7.11 Å². The highest BCUT2D eigenvalue weighted by Gasteiger charge is 2.28. The van der Waals surface area contributed by atoms with Crippen molar-refractivity contribution in [2.24, 2.45) is 4.99 Å². The van der Waals surface area contributed by atoms with Crippen molar-refractivity contribution in [2.45, 2.75) is 0 Å². The number of amides is 1. The zero-order valence-corrected chi connectivity index (χ0v) is 16.0. The molecule has 6 heteroatoms. The third-order valence-electron chi connectivity index (χ3n) is 4.71. The van der Waals surface area contributed by atoms with Crippen molar-refractivity contribution in [3.63, 3.8) is 0 Å². The van der Waals surface area contributed by atoms with Crippen LogP contribution in [0.4, 0.5) is 5.69 Å². The number of carbonyl (C=O) groups is 1. The molecule has 4 rings (SSSR count). The van der Waals surface area contributed by atoms with E-state index in [4.69, 9.17) is 4.74 Å². The maximum absolute atomic E-state index is 12.4. The van der Waals surface area contributed by atoms with E-state index >= 15 is 0 Å². The lowest BCUT2D eigenvalue weighted by atomic mass is 10.2. The van der Waals surface area contributed by atoms with Gasteiger partial charge >= 0.3 is 0 Å². The summed E-state index contributed by atoms with van der Waals surface area (Å²) >= 11 is 1.45. The van der Waals surface area contributed by atoms with Crippen LogP contribution in [0.25, 0.3) is 6.08 Å². The second kappa shape index (κ2) is 7.88. The molecule has 1 fully saturated rings.